The Morgan fingerprint density at radius 2 is 1.50 bits per heavy atom. The van der Waals surface area contributed by atoms with E-state index in [9.17, 15) is 10.1 Å². The second-order valence-electron chi connectivity index (χ2n) is 6.44. The lowest BCUT2D eigenvalue weighted by Gasteiger charge is -2.38. The molecule has 2 aromatic rings. The van der Waals surface area contributed by atoms with Crippen molar-refractivity contribution in [1.29, 1.82) is 0 Å². The zero-order chi connectivity index (χ0) is 18.5. The molecule has 1 heterocycles. The molecule has 138 valence electrons. The molecule has 0 bridgehead atoms. The average Bonchev–Trinajstić information content (AvgIpc) is 2.69. The molecule has 6 nitrogen and oxygen atoms in total. The fourth-order valence-corrected chi connectivity index (χ4v) is 3.57. The number of nitro groups is 1. The normalized spacial score (nSPS) is 23.1. The van der Waals surface area contributed by atoms with Crippen LogP contribution in [0.5, 0.6) is 0 Å². The molecule has 0 unspecified atom stereocenters. The molecule has 0 aliphatic carbocycles. The van der Waals surface area contributed by atoms with Crippen LogP contribution in [-0.4, -0.2) is 25.4 Å². The van der Waals surface area contributed by atoms with E-state index < -0.39 is 4.92 Å². The van der Waals surface area contributed by atoms with Crippen LogP contribution in [0, 0.1) is 16.0 Å². The molecule has 1 aliphatic heterocycles. The summed E-state index contributed by atoms with van der Waals surface area (Å²) < 4.78 is 17.3. The first kappa shape index (κ1) is 18.5. The number of methoxy groups -OCH3 is 2. The van der Waals surface area contributed by atoms with Crippen molar-refractivity contribution in [3.63, 3.8) is 0 Å². The van der Waals surface area contributed by atoms with Crippen molar-refractivity contribution in [1.82, 2.24) is 0 Å². The van der Waals surface area contributed by atoms with E-state index in [1.54, 1.807) is 26.4 Å². The van der Waals surface area contributed by atoms with Gasteiger partial charge in [0, 0.05) is 32.3 Å². The molecule has 6 heteroatoms. The minimum absolute atomic E-state index is 0.0763. The van der Waals surface area contributed by atoms with Crippen molar-refractivity contribution >= 4 is 5.69 Å². The van der Waals surface area contributed by atoms with E-state index in [4.69, 9.17) is 14.2 Å². The molecule has 1 fully saturated rings. The summed E-state index contributed by atoms with van der Waals surface area (Å²) in [5.74, 6) is 0.157. The number of benzene rings is 2. The SMILES string of the molecule is COC(OC)[C@H]1C[C@@H](c2ccc([N+](=O)[O-])cc2)O[C@@H](c2ccccc2)C1. The number of nitro benzene ring substituents is 1. The van der Waals surface area contributed by atoms with Crippen LogP contribution in [0.4, 0.5) is 5.69 Å². The first-order chi connectivity index (χ1) is 12.6. The van der Waals surface area contributed by atoms with Gasteiger partial charge in [0.15, 0.2) is 6.29 Å². The van der Waals surface area contributed by atoms with E-state index in [0.29, 0.717) is 0 Å². The summed E-state index contributed by atoms with van der Waals surface area (Å²) in [7, 11) is 3.28. The lowest BCUT2D eigenvalue weighted by molar-refractivity contribution is -0.384. The first-order valence-electron chi connectivity index (χ1n) is 8.62. The summed E-state index contributed by atoms with van der Waals surface area (Å²) >= 11 is 0. The maximum atomic E-state index is 10.9. The van der Waals surface area contributed by atoms with E-state index in [1.165, 1.54) is 12.1 Å². The molecule has 1 saturated heterocycles. The number of hydrogen-bond acceptors (Lipinski definition) is 5. The molecule has 0 amide bonds. The maximum Gasteiger partial charge on any atom is 0.269 e. The van der Waals surface area contributed by atoms with Crippen molar-refractivity contribution in [3.05, 3.63) is 75.8 Å². The summed E-state index contributed by atoms with van der Waals surface area (Å²) in [6, 6.07) is 16.6. The highest BCUT2D eigenvalue weighted by atomic mass is 16.7. The van der Waals surface area contributed by atoms with Gasteiger partial charge >= 0.3 is 0 Å². The van der Waals surface area contributed by atoms with Crippen LogP contribution >= 0.6 is 0 Å². The van der Waals surface area contributed by atoms with Gasteiger partial charge < -0.3 is 14.2 Å². The molecule has 26 heavy (non-hydrogen) atoms. The topological polar surface area (TPSA) is 70.8 Å². The molecule has 3 rings (SSSR count). The second kappa shape index (κ2) is 8.40. The molecule has 0 N–H and O–H groups in total. The highest BCUT2D eigenvalue weighted by Gasteiger charge is 2.36. The largest absolute Gasteiger partial charge is 0.366 e. The van der Waals surface area contributed by atoms with Crippen LogP contribution in [0.2, 0.25) is 0 Å². The minimum atomic E-state index is -0.396. The number of ether oxygens (including phenoxy) is 3. The molecule has 2 aromatic carbocycles. The average molecular weight is 357 g/mol. The van der Waals surface area contributed by atoms with Gasteiger partial charge in [0.25, 0.3) is 5.69 Å². The van der Waals surface area contributed by atoms with Gasteiger partial charge in [-0.05, 0) is 36.1 Å². The second-order valence-corrected chi connectivity index (χ2v) is 6.44. The predicted molar refractivity (Wildman–Crippen MR) is 96.6 cm³/mol. The van der Waals surface area contributed by atoms with E-state index >= 15 is 0 Å². The van der Waals surface area contributed by atoms with Crippen LogP contribution in [0.15, 0.2) is 54.6 Å². The summed E-state index contributed by atoms with van der Waals surface area (Å²) in [5, 5.41) is 10.9. The predicted octanol–water partition coefficient (Wildman–Crippen LogP) is 4.42. The molecule has 1 aliphatic rings. The van der Waals surface area contributed by atoms with Crippen LogP contribution in [-0.2, 0) is 14.2 Å². The smallest absolute Gasteiger partial charge is 0.269 e. The van der Waals surface area contributed by atoms with Gasteiger partial charge in [0.05, 0.1) is 17.1 Å². The zero-order valence-electron chi connectivity index (χ0n) is 14.9. The van der Waals surface area contributed by atoms with Crippen LogP contribution in [0.3, 0.4) is 0 Å². The van der Waals surface area contributed by atoms with Gasteiger partial charge in [-0.3, -0.25) is 10.1 Å². The Labute approximate surface area is 152 Å². The Bertz CT molecular complexity index is 715. The number of hydrogen-bond donors (Lipinski definition) is 0. The van der Waals surface area contributed by atoms with E-state index in [0.717, 1.165) is 24.0 Å². The van der Waals surface area contributed by atoms with Gasteiger partial charge in [0.2, 0.25) is 0 Å². The number of non-ortho nitro benzene ring substituents is 1. The van der Waals surface area contributed by atoms with Crippen molar-refractivity contribution in [2.45, 2.75) is 31.3 Å². The number of nitrogens with zero attached hydrogens (tertiary/aromatic N) is 1. The Hall–Kier alpha value is -2.28. The van der Waals surface area contributed by atoms with Crippen molar-refractivity contribution in [2.75, 3.05) is 14.2 Å². The van der Waals surface area contributed by atoms with Crippen molar-refractivity contribution in [2.24, 2.45) is 5.92 Å². The Morgan fingerprint density at radius 1 is 0.962 bits per heavy atom. The summed E-state index contributed by atoms with van der Waals surface area (Å²) in [6.07, 6.45) is 0.953. The minimum Gasteiger partial charge on any atom is -0.366 e. The molecule has 0 saturated carbocycles. The van der Waals surface area contributed by atoms with Gasteiger partial charge in [-0.2, -0.15) is 0 Å². The lowest BCUT2D eigenvalue weighted by atomic mass is 9.86. The van der Waals surface area contributed by atoms with Crippen molar-refractivity contribution in [3.8, 4) is 0 Å². The Balaban J connectivity index is 1.86. The highest BCUT2D eigenvalue weighted by Crippen LogP contribution is 2.43. The standard InChI is InChI=1S/C20H23NO5/c1-24-20(25-2)16-12-18(14-6-4-3-5-7-14)26-19(13-16)15-8-10-17(11-9-15)21(22)23/h3-11,16,18-20H,12-13H2,1-2H3/t16-,18-,19+/m1/s1. The Morgan fingerprint density at radius 3 is 2.00 bits per heavy atom. The van der Waals surface area contributed by atoms with E-state index in [1.807, 2.05) is 18.2 Å². The quantitative estimate of drug-likeness (QED) is 0.435. The molecule has 0 aromatic heterocycles. The van der Waals surface area contributed by atoms with Gasteiger partial charge in [-0.1, -0.05) is 30.3 Å². The molecular weight excluding hydrogens is 334 g/mol. The maximum absolute atomic E-state index is 10.9. The third-order valence-electron chi connectivity index (χ3n) is 4.86. The van der Waals surface area contributed by atoms with Gasteiger partial charge in [-0.25, -0.2) is 0 Å². The van der Waals surface area contributed by atoms with Gasteiger partial charge in [0.1, 0.15) is 0 Å². The summed E-state index contributed by atoms with van der Waals surface area (Å²) in [6.45, 7) is 0. The zero-order valence-corrected chi connectivity index (χ0v) is 14.9. The highest BCUT2D eigenvalue weighted by molar-refractivity contribution is 5.34. The summed E-state index contributed by atoms with van der Waals surface area (Å²) in [4.78, 5) is 10.5. The molecule has 0 radical (unpaired) electrons. The van der Waals surface area contributed by atoms with Crippen LogP contribution in [0.1, 0.15) is 36.2 Å². The third kappa shape index (κ3) is 4.09. The van der Waals surface area contributed by atoms with Crippen molar-refractivity contribution < 1.29 is 19.1 Å². The van der Waals surface area contributed by atoms with E-state index in [2.05, 4.69) is 12.1 Å². The molecular formula is C20H23NO5. The van der Waals surface area contributed by atoms with Gasteiger partial charge in [-0.15, -0.1) is 0 Å². The van der Waals surface area contributed by atoms with E-state index in [-0.39, 0.29) is 30.1 Å². The van der Waals surface area contributed by atoms with Crippen LogP contribution < -0.4 is 0 Å². The first-order valence-corrected chi connectivity index (χ1v) is 8.62. The third-order valence-corrected chi connectivity index (χ3v) is 4.86. The monoisotopic (exact) mass is 357 g/mol. The fraction of sp³-hybridized carbons (Fsp3) is 0.400. The molecule has 0 spiro atoms. The van der Waals surface area contributed by atoms with Crippen LogP contribution in [0.25, 0.3) is 0 Å². The fourth-order valence-electron chi connectivity index (χ4n) is 3.57. The summed E-state index contributed by atoms with van der Waals surface area (Å²) in [5.41, 5.74) is 2.11. The molecule has 3 atom stereocenters. The Kier molecular flexibility index (Phi) is 5.98. The number of rotatable bonds is 6. The lowest BCUT2D eigenvalue weighted by Crippen LogP contribution is -2.33.